The maximum absolute atomic E-state index is 10.2. The molecule has 0 saturated heterocycles. The third kappa shape index (κ3) is 6.68. The first-order chi connectivity index (χ1) is 7.70. The molecule has 0 saturated carbocycles. The maximum atomic E-state index is 10.2. The number of carboxylic acid groups (broad SMARTS) is 1. The molecule has 0 aliphatic rings. The molecule has 4 heteroatoms. The Labute approximate surface area is 119 Å². The van der Waals surface area contributed by atoms with Crippen LogP contribution in [0.4, 0.5) is 0 Å². The summed E-state index contributed by atoms with van der Waals surface area (Å²) in [7, 11) is 0. The van der Waals surface area contributed by atoms with Crippen molar-refractivity contribution < 1.29 is 40.9 Å². The maximum Gasteiger partial charge on any atom is 0.335 e. The van der Waals surface area contributed by atoms with E-state index in [2.05, 4.69) is 0 Å². The van der Waals surface area contributed by atoms with Crippen molar-refractivity contribution in [3.63, 3.8) is 0 Å². The minimum absolute atomic E-state index is 0. The summed E-state index contributed by atoms with van der Waals surface area (Å²) in [5.41, 5.74) is 0.331. The SMILES string of the molecule is O=C(O)c1ccccc1.Oc1ccccc1.[Hf]. The molecule has 2 rings (SSSR count). The Bertz CT molecular complexity index is 429. The molecule has 0 amide bonds. The Morgan fingerprint density at radius 3 is 1.47 bits per heavy atom. The molecule has 3 nitrogen and oxygen atoms in total. The summed E-state index contributed by atoms with van der Waals surface area (Å²) < 4.78 is 0. The summed E-state index contributed by atoms with van der Waals surface area (Å²) >= 11 is 0. The predicted molar refractivity (Wildman–Crippen MR) is 61.5 cm³/mol. The summed E-state index contributed by atoms with van der Waals surface area (Å²) in [6.45, 7) is 0. The van der Waals surface area contributed by atoms with Crippen LogP contribution in [0.2, 0.25) is 0 Å². The first kappa shape index (κ1) is 15.6. The van der Waals surface area contributed by atoms with Gasteiger partial charge in [0.15, 0.2) is 0 Å². The molecule has 0 heterocycles. The van der Waals surface area contributed by atoms with Gasteiger partial charge >= 0.3 is 5.97 Å². The number of aromatic carboxylic acids is 1. The largest absolute Gasteiger partial charge is 0.508 e. The zero-order chi connectivity index (χ0) is 11.8. The van der Waals surface area contributed by atoms with Gasteiger partial charge in [-0.2, -0.15) is 0 Å². The molecular formula is C13H12HfO3. The molecule has 0 radical (unpaired) electrons. The molecule has 2 aromatic rings. The van der Waals surface area contributed by atoms with Crippen LogP contribution in [0.25, 0.3) is 0 Å². The summed E-state index contributed by atoms with van der Waals surface area (Å²) in [5, 5.41) is 17.0. The molecule has 0 unspecified atom stereocenters. The van der Waals surface area contributed by atoms with Crippen LogP contribution in [-0.4, -0.2) is 16.2 Å². The van der Waals surface area contributed by atoms with Gasteiger partial charge in [0.05, 0.1) is 5.56 Å². The van der Waals surface area contributed by atoms with E-state index in [1.807, 2.05) is 6.07 Å². The molecule has 17 heavy (non-hydrogen) atoms. The minimum Gasteiger partial charge on any atom is -0.508 e. The molecule has 0 aliphatic carbocycles. The van der Waals surface area contributed by atoms with Crippen molar-refractivity contribution in [2.75, 3.05) is 0 Å². The van der Waals surface area contributed by atoms with Crippen molar-refractivity contribution in [2.45, 2.75) is 0 Å². The fraction of sp³-hybridized carbons (Fsp3) is 0. The summed E-state index contributed by atoms with van der Waals surface area (Å²) in [4.78, 5) is 10.2. The van der Waals surface area contributed by atoms with Crippen LogP contribution in [0.5, 0.6) is 5.75 Å². The number of aromatic hydroxyl groups is 1. The van der Waals surface area contributed by atoms with Crippen molar-refractivity contribution in [3.05, 3.63) is 66.2 Å². The zero-order valence-electron chi connectivity index (χ0n) is 9.08. The molecule has 2 aromatic carbocycles. The number of rotatable bonds is 1. The van der Waals surface area contributed by atoms with Gasteiger partial charge in [0, 0.05) is 25.8 Å². The Hall–Kier alpha value is -1.42. The fourth-order valence-electron chi connectivity index (χ4n) is 1.01. The second kappa shape index (κ2) is 8.70. The van der Waals surface area contributed by atoms with E-state index in [1.165, 1.54) is 0 Å². The normalized spacial score (nSPS) is 8.24. The van der Waals surface area contributed by atoms with Gasteiger partial charge in [-0.25, -0.2) is 4.79 Å². The molecule has 86 valence electrons. The quantitative estimate of drug-likeness (QED) is 0.731. The van der Waals surface area contributed by atoms with Crippen LogP contribution in [0, 0.1) is 0 Å². The van der Waals surface area contributed by atoms with Crippen molar-refractivity contribution in [3.8, 4) is 5.75 Å². The molecule has 0 aromatic heterocycles. The summed E-state index contributed by atoms with van der Waals surface area (Å²) in [5.74, 6) is -0.557. The number of hydrogen-bond acceptors (Lipinski definition) is 2. The number of para-hydroxylation sites is 1. The van der Waals surface area contributed by atoms with Crippen molar-refractivity contribution in [1.29, 1.82) is 0 Å². The Morgan fingerprint density at radius 1 is 0.824 bits per heavy atom. The minimum atomic E-state index is -0.879. The number of carboxylic acids is 1. The topological polar surface area (TPSA) is 57.5 Å². The Morgan fingerprint density at radius 2 is 1.24 bits per heavy atom. The predicted octanol–water partition coefficient (Wildman–Crippen LogP) is 2.77. The van der Waals surface area contributed by atoms with Crippen LogP contribution in [0.15, 0.2) is 60.7 Å². The number of hydrogen-bond donors (Lipinski definition) is 2. The van der Waals surface area contributed by atoms with Crippen molar-refractivity contribution in [2.24, 2.45) is 0 Å². The van der Waals surface area contributed by atoms with Gasteiger partial charge in [0.1, 0.15) is 5.75 Å². The number of benzene rings is 2. The third-order valence-corrected chi connectivity index (χ3v) is 1.78. The smallest absolute Gasteiger partial charge is 0.335 e. The fourth-order valence-corrected chi connectivity index (χ4v) is 1.01. The second-order valence-electron chi connectivity index (χ2n) is 3.01. The first-order valence-electron chi connectivity index (χ1n) is 4.72. The van der Waals surface area contributed by atoms with E-state index in [0.717, 1.165) is 0 Å². The van der Waals surface area contributed by atoms with Gasteiger partial charge in [-0.3, -0.25) is 0 Å². The van der Waals surface area contributed by atoms with E-state index >= 15 is 0 Å². The molecule has 0 fully saturated rings. The van der Waals surface area contributed by atoms with Gasteiger partial charge in [-0.15, -0.1) is 0 Å². The Balaban J connectivity index is 0.000000292. The average molecular weight is 395 g/mol. The van der Waals surface area contributed by atoms with Gasteiger partial charge in [-0.05, 0) is 24.3 Å². The average Bonchev–Trinajstić information content (AvgIpc) is 2.32. The van der Waals surface area contributed by atoms with Crippen LogP contribution in [-0.2, 0) is 25.8 Å². The van der Waals surface area contributed by atoms with E-state index in [4.69, 9.17) is 10.2 Å². The summed E-state index contributed by atoms with van der Waals surface area (Å²) in [6, 6.07) is 17.0. The van der Waals surface area contributed by atoms with E-state index in [1.54, 1.807) is 54.6 Å². The van der Waals surface area contributed by atoms with Crippen LogP contribution >= 0.6 is 0 Å². The third-order valence-electron chi connectivity index (χ3n) is 1.78. The standard InChI is InChI=1S/C7H6O2.C6H6O.Hf/c8-7(9)6-4-2-1-3-5-6;7-6-4-2-1-3-5-6;/h1-5H,(H,8,9);1-5,7H;. The number of carbonyl (C=O) groups is 1. The molecule has 0 atom stereocenters. The number of phenols is 1. The van der Waals surface area contributed by atoms with Crippen LogP contribution < -0.4 is 0 Å². The zero-order valence-corrected chi connectivity index (χ0v) is 12.7. The van der Waals surface area contributed by atoms with E-state index in [9.17, 15) is 4.79 Å². The Kier molecular flexibility index (Phi) is 7.97. The van der Waals surface area contributed by atoms with Crippen molar-refractivity contribution >= 4 is 5.97 Å². The monoisotopic (exact) mass is 396 g/mol. The van der Waals surface area contributed by atoms with Gasteiger partial charge in [0.2, 0.25) is 0 Å². The molecular weight excluding hydrogens is 383 g/mol. The van der Waals surface area contributed by atoms with Crippen LogP contribution in [0.3, 0.4) is 0 Å². The number of phenolic OH excluding ortho intramolecular Hbond substituents is 1. The van der Waals surface area contributed by atoms with E-state index in [0.29, 0.717) is 11.3 Å². The molecule has 0 aliphatic heterocycles. The molecule has 0 spiro atoms. The first-order valence-corrected chi connectivity index (χ1v) is 4.72. The van der Waals surface area contributed by atoms with Gasteiger partial charge < -0.3 is 10.2 Å². The van der Waals surface area contributed by atoms with Crippen molar-refractivity contribution in [1.82, 2.24) is 0 Å². The van der Waals surface area contributed by atoms with Crippen LogP contribution in [0.1, 0.15) is 10.4 Å². The second-order valence-corrected chi connectivity index (χ2v) is 3.01. The van der Waals surface area contributed by atoms with Gasteiger partial charge in [0.25, 0.3) is 0 Å². The van der Waals surface area contributed by atoms with E-state index in [-0.39, 0.29) is 25.8 Å². The molecule has 2 N–H and O–H groups in total. The summed E-state index contributed by atoms with van der Waals surface area (Å²) in [6.07, 6.45) is 0. The van der Waals surface area contributed by atoms with Gasteiger partial charge in [-0.1, -0.05) is 36.4 Å². The van der Waals surface area contributed by atoms with E-state index < -0.39 is 5.97 Å². The molecule has 0 bridgehead atoms.